The van der Waals surface area contributed by atoms with Crippen LogP contribution in [0.25, 0.3) is 0 Å². The van der Waals surface area contributed by atoms with Crippen LogP contribution in [0.4, 0.5) is 4.79 Å². The molecular weight excluding hydrogens is 242 g/mol. The maximum absolute atomic E-state index is 11.8. The molecule has 2 atom stereocenters. The molecule has 0 unspecified atom stereocenters. The lowest BCUT2D eigenvalue weighted by molar-refractivity contribution is 0.230. The van der Waals surface area contributed by atoms with Gasteiger partial charge in [-0.05, 0) is 32.6 Å². The summed E-state index contributed by atoms with van der Waals surface area (Å²) in [7, 11) is 0. The van der Waals surface area contributed by atoms with Crippen LogP contribution >= 0.6 is 0 Å². The summed E-state index contributed by atoms with van der Waals surface area (Å²) in [6.07, 6.45) is 8.25. The highest BCUT2D eigenvalue weighted by Gasteiger charge is 2.19. The largest absolute Gasteiger partial charge is 0.338 e. The summed E-state index contributed by atoms with van der Waals surface area (Å²) in [5, 5.41) is 10.0. The standard InChI is InChI=1S/C13H23N5O/c1-10(11(2)18-9-14-8-16-18)17-13(19)15-7-12-5-3-4-6-12/h8-12H,3-7H2,1-2H3,(H2,15,17,19)/t10-,11-/m0/s1. The number of hydrogen-bond donors (Lipinski definition) is 2. The Balaban J connectivity index is 1.71. The Bertz CT molecular complexity index is 386. The highest BCUT2D eigenvalue weighted by Crippen LogP contribution is 2.23. The van der Waals surface area contributed by atoms with Gasteiger partial charge in [0.05, 0.1) is 6.04 Å². The van der Waals surface area contributed by atoms with Gasteiger partial charge in [0.2, 0.25) is 0 Å². The second-order valence-corrected chi connectivity index (χ2v) is 5.41. The second-order valence-electron chi connectivity index (χ2n) is 5.41. The smallest absolute Gasteiger partial charge is 0.315 e. The summed E-state index contributed by atoms with van der Waals surface area (Å²) in [5.41, 5.74) is 0. The van der Waals surface area contributed by atoms with Gasteiger partial charge in [0.1, 0.15) is 12.7 Å². The predicted molar refractivity (Wildman–Crippen MR) is 72.7 cm³/mol. The van der Waals surface area contributed by atoms with Crippen LogP contribution in [0.3, 0.4) is 0 Å². The summed E-state index contributed by atoms with van der Waals surface area (Å²) in [6.45, 7) is 4.77. The van der Waals surface area contributed by atoms with Crippen LogP contribution in [0.1, 0.15) is 45.6 Å². The molecule has 19 heavy (non-hydrogen) atoms. The number of hydrogen-bond acceptors (Lipinski definition) is 3. The fourth-order valence-corrected chi connectivity index (χ4v) is 2.49. The number of carbonyl (C=O) groups excluding carboxylic acids is 1. The van der Waals surface area contributed by atoms with Crippen molar-refractivity contribution in [2.45, 2.75) is 51.6 Å². The molecule has 0 aromatic carbocycles. The van der Waals surface area contributed by atoms with Crippen LogP contribution in [0.15, 0.2) is 12.7 Å². The van der Waals surface area contributed by atoms with Crippen molar-refractivity contribution in [3.05, 3.63) is 12.7 Å². The van der Waals surface area contributed by atoms with Crippen molar-refractivity contribution in [2.24, 2.45) is 5.92 Å². The Morgan fingerprint density at radius 3 is 2.79 bits per heavy atom. The van der Waals surface area contributed by atoms with Crippen LogP contribution in [0, 0.1) is 5.92 Å². The van der Waals surface area contributed by atoms with Crippen molar-refractivity contribution in [1.29, 1.82) is 0 Å². The number of urea groups is 1. The number of nitrogens with zero attached hydrogens (tertiary/aromatic N) is 3. The minimum atomic E-state index is -0.0913. The van der Waals surface area contributed by atoms with Crippen LogP contribution in [0.5, 0.6) is 0 Å². The molecule has 1 aliphatic carbocycles. The first-order chi connectivity index (χ1) is 9.16. The highest BCUT2D eigenvalue weighted by atomic mass is 16.2. The number of aromatic nitrogens is 3. The van der Waals surface area contributed by atoms with Gasteiger partial charge in [-0.1, -0.05) is 12.8 Å². The molecule has 6 heteroatoms. The average Bonchev–Trinajstić information content (AvgIpc) is 3.08. The number of rotatable bonds is 5. The first kappa shape index (κ1) is 13.8. The van der Waals surface area contributed by atoms with Gasteiger partial charge in [0.25, 0.3) is 0 Å². The fourth-order valence-electron chi connectivity index (χ4n) is 2.49. The topological polar surface area (TPSA) is 71.8 Å². The number of carbonyl (C=O) groups is 1. The van der Waals surface area contributed by atoms with E-state index in [9.17, 15) is 4.79 Å². The molecule has 0 radical (unpaired) electrons. The third-order valence-corrected chi connectivity index (χ3v) is 3.96. The molecule has 0 aliphatic heterocycles. The zero-order valence-electron chi connectivity index (χ0n) is 11.7. The van der Waals surface area contributed by atoms with E-state index in [1.807, 2.05) is 13.8 Å². The Kier molecular flexibility index (Phi) is 4.76. The first-order valence-electron chi connectivity index (χ1n) is 7.05. The quantitative estimate of drug-likeness (QED) is 0.851. The molecule has 1 fully saturated rings. The Morgan fingerprint density at radius 2 is 2.16 bits per heavy atom. The van der Waals surface area contributed by atoms with E-state index in [4.69, 9.17) is 0 Å². The van der Waals surface area contributed by atoms with Crippen molar-refractivity contribution in [3.63, 3.8) is 0 Å². The van der Waals surface area contributed by atoms with Gasteiger partial charge < -0.3 is 10.6 Å². The molecule has 6 nitrogen and oxygen atoms in total. The molecule has 1 aromatic heterocycles. The summed E-state index contributed by atoms with van der Waals surface area (Å²) in [4.78, 5) is 15.7. The van der Waals surface area contributed by atoms with Crippen LogP contribution < -0.4 is 10.6 Å². The monoisotopic (exact) mass is 265 g/mol. The normalized spacial score (nSPS) is 19.1. The third kappa shape index (κ3) is 3.94. The summed E-state index contributed by atoms with van der Waals surface area (Å²) in [6, 6.07) is -0.00336. The van der Waals surface area contributed by atoms with Gasteiger partial charge in [0.15, 0.2) is 0 Å². The van der Waals surface area contributed by atoms with E-state index in [-0.39, 0.29) is 18.1 Å². The summed E-state index contributed by atoms with van der Waals surface area (Å²) in [5.74, 6) is 0.661. The second kappa shape index (κ2) is 6.54. The third-order valence-electron chi connectivity index (χ3n) is 3.96. The molecule has 0 spiro atoms. The Hall–Kier alpha value is -1.59. The lowest BCUT2D eigenvalue weighted by atomic mass is 10.1. The first-order valence-corrected chi connectivity index (χ1v) is 7.05. The number of nitrogens with one attached hydrogen (secondary N) is 2. The molecule has 2 N–H and O–H groups in total. The zero-order chi connectivity index (χ0) is 13.7. The molecule has 1 heterocycles. The minimum absolute atomic E-state index is 0.00489. The van der Waals surface area contributed by atoms with Gasteiger partial charge in [-0.25, -0.2) is 14.5 Å². The van der Waals surface area contributed by atoms with Crippen molar-refractivity contribution < 1.29 is 4.79 Å². The van der Waals surface area contributed by atoms with Crippen molar-refractivity contribution in [1.82, 2.24) is 25.4 Å². The maximum Gasteiger partial charge on any atom is 0.315 e. The average molecular weight is 265 g/mol. The zero-order valence-corrected chi connectivity index (χ0v) is 11.7. The molecular formula is C13H23N5O. The number of amides is 2. The van der Waals surface area contributed by atoms with Crippen molar-refractivity contribution in [3.8, 4) is 0 Å². The van der Waals surface area contributed by atoms with Gasteiger partial charge in [-0.2, -0.15) is 5.10 Å². The lowest BCUT2D eigenvalue weighted by Crippen LogP contribution is -2.45. The summed E-state index contributed by atoms with van der Waals surface area (Å²) < 4.78 is 1.75. The van der Waals surface area contributed by atoms with Gasteiger partial charge in [0, 0.05) is 12.6 Å². The highest BCUT2D eigenvalue weighted by molar-refractivity contribution is 5.74. The lowest BCUT2D eigenvalue weighted by Gasteiger charge is -2.22. The maximum atomic E-state index is 11.8. The van der Waals surface area contributed by atoms with E-state index in [1.165, 1.54) is 32.0 Å². The van der Waals surface area contributed by atoms with Crippen LogP contribution in [0.2, 0.25) is 0 Å². The molecule has 0 bridgehead atoms. The van der Waals surface area contributed by atoms with Crippen LogP contribution in [-0.4, -0.2) is 33.4 Å². The molecule has 1 aromatic rings. The van der Waals surface area contributed by atoms with Gasteiger partial charge >= 0.3 is 6.03 Å². The molecule has 1 aliphatic rings. The minimum Gasteiger partial charge on any atom is -0.338 e. The predicted octanol–water partition coefficient (Wildman–Crippen LogP) is 1.72. The van der Waals surface area contributed by atoms with E-state index < -0.39 is 0 Å². The van der Waals surface area contributed by atoms with E-state index in [2.05, 4.69) is 20.7 Å². The van der Waals surface area contributed by atoms with E-state index in [0.717, 1.165) is 6.54 Å². The molecule has 2 amide bonds. The SMILES string of the molecule is C[C@H](NC(=O)NCC1CCCC1)[C@H](C)n1cncn1. The Labute approximate surface area is 114 Å². The van der Waals surface area contributed by atoms with Crippen molar-refractivity contribution in [2.75, 3.05) is 6.54 Å². The molecule has 1 saturated carbocycles. The van der Waals surface area contributed by atoms with E-state index in [1.54, 1.807) is 11.0 Å². The van der Waals surface area contributed by atoms with Gasteiger partial charge in [-0.3, -0.25) is 0 Å². The molecule has 2 rings (SSSR count). The summed E-state index contributed by atoms with van der Waals surface area (Å²) >= 11 is 0. The molecule has 0 saturated heterocycles. The van der Waals surface area contributed by atoms with E-state index >= 15 is 0 Å². The van der Waals surface area contributed by atoms with Crippen molar-refractivity contribution >= 4 is 6.03 Å². The molecule has 106 valence electrons. The fraction of sp³-hybridized carbons (Fsp3) is 0.769. The Morgan fingerprint density at radius 1 is 1.42 bits per heavy atom. The van der Waals surface area contributed by atoms with E-state index in [0.29, 0.717) is 5.92 Å². The van der Waals surface area contributed by atoms with Gasteiger partial charge in [-0.15, -0.1) is 0 Å². The van der Waals surface area contributed by atoms with Crippen LogP contribution in [-0.2, 0) is 0 Å².